The van der Waals surface area contributed by atoms with Crippen LogP contribution in [0.15, 0.2) is 52.9 Å². The van der Waals surface area contributed by atoms with Gasteiger partial charge in [0.2, 0.25) is 17.7 Å². The van der Waals surface area contributed by atoms with Crippen molar-refractivity contribution >= 4 is 5.91 Å². The van der Waals surface area contributed by atoms with E-state index in [2.05, 4.69) is 27.5 Å². The van der Waals surface area contributed by atoms with Gasteiger partial charge in [-0.05, 0) is 56.6 Å². The van der Waals surface area contributed by atoms with Gasteiger partial charge in [0.05, 0.1) is 0 Å². The molecule has 35 heavy (non-hydrogen) atoms. The van der Waals surface area contributed by atoms with Crippen molar-refractivity contribution in [2.24, 2.45) is 0 Å². The van der Waals surface area contributed by atoms with E-state index in [1.54, 1.807) is 0 Å². The third-order valence-corrected chi connectivity index (χ3v) is 6.25. The number of likely N-dealkylation sites (N-methyl/N-ethyl adjacent to an activating group) is 1. The molecule has 0 saturated carbocycles. The Kier molecular flexibility index (Phi) is 8.86. The summed E-state index contributed by atoms with van der Waals surface area (Å²) in [6, 6.07) is 16.3. The summed E-state index contributed by atoms with van der Waals surface area (Å²) in [6.45, 7) is 5.64. The summed E-state index contributed by atoms with van der Waals surface area (Å²) >= 11 is 0. The number of nitrogens with zero attached hydrogens (tertiary/aromatic N) is 3. The summed E-state index contributed by atoms with van der Waals surface area (Å²) in [4.78, 5) is 14.7. The van der Waals surface area contributed by atoms with Gasteiger partial charge in [0.1, 0.15) is 12.4 Å². The Bertz CT molecular complexity index is 1080. The van der Waals surface area contributed by atoms with Crippen LogP contribution < -0.4 is 10.1 Å². The van der Waals surface area contributed by atoms with Crippen LogP contribution in [0.1, 0.15) is 36.3 Å². The predicted molar refractivity (Wildman–Crippen MR) is 133 cm³/mol. The highest BCUT2D eigenvalue weighted by Gasteiger charge is 2.18. The maximum atomic E-state index is 12.3. The maximum Gasteiger partial charge on any atom is 0.247 e. The number of hydrogen-bond acceptors (Lipinski definition) is 7. The maximum absolute atomic E-state index is 12.3. The Labute approximate surface area is 206 Å². The Morgan fingerprint density at radius 3 is 2.74 bits per heavy atom. The third kappa shape index (κ3) is 7.63. The summed E-state index contributed by atoms with van der Waals surface area (Å²) in [5.74, 6) is 1.67. The number of aryl methyl sites for hydroxylation is 2. The van der Waals surface area contributed by atoms with Crippen LogP contribution >= 0.6 is 0 Å². The highest BCUT2D eigenvalue weighted by molar-refractivity contribution is 5.76. The summed E-state index contributed by atoms with van der Waals surface area (Å²) in [5.41, 5.74) is 3.03. The molecule has 0 unspecified atom stereocenters. The molecule has 0 spiro atoms. The van der Waals surface area contributed by atoms with Crippen LogP contribution in [0.3, 0.4) is 0 Å². The second-order valence-electron chi connectivity index (χ2n) is 8.96. The number of carbonyl (C=O) groups excluding carboxylic acids is 1. The quantitative estimate of drug-likeness (QED) is 0.449. The van der Waals surface area contributed by atoms with E-state index in [0.717, 1.165) is 49.5 Å². The molecular weight excluding hydrogens is 444 g/mol. The van der Waals surface area contributed by atoms with E-state index in [0.29, 0.717) is 37.4 Å². The van der Waals surface area contributed by atoms with Crippen LogP contribution in [0.2, 0.25) is 0 Å². The summed E-state index contributed by atoms with van der Waals surface area (Å²) in [6.07, 6.45) is 2.83. The van der Waals surface area contributed by atoms with Gasteiger partial charge in [-0.1, -0.05) is 29.8 Å². The Hall–Kier alpha value is -3.23. The van der Waals surface area contributed by atoms with E-state index in [1.807, 2.05) is 55.5 Å². The van der Waals surface area contributed by atoms with Crippen molar-refractivity contribution in [3.8, 4) is 17.2 Å². The third-order valence-electron chi connectivity index (χ3n) is 6.25. The minimum atomic E-state index is -0.0653. The number of rotatable bonds is 11. The molecule has 1 aliphatic heterocycles. The second kappa shape index (κ2) is 12.5. The number of carbonyl (C=O) groups is 1. The first-order chi connectivity index (χ1) is 17.1. The number of nitrogens with one attached hydrogen (secondary N) is 1. The first-order valence-corrected chi connectivity index (χ1v) is 12.2. The zero-order chi connectivity index (χ0) is 24.5. The van der Waals surface area contributed by atoms with E-state index in [9.17, 15) is 4.79 Å². The number of benzene rings is 2. The van der Waals surface area contributed by atoms with Gasteiger partial charge in [-0.2, -0.15) is 0 Å². The molecule has 0 bridgehead atoms. The van der Waals surface area contributed by atoms with E-state index in [-0.39, 0.29) is 12.3 Å². The number of amides is 1. The summed E-state index contributed by atoms with van der Waals surface area (Å²) in [5, 5.41) is 11.1. The molecule has 8 nitrogen and oxygen atoms in total. The second-order valence-corrected chi connectivity index (χ2v) is 8.96. The molecule has 3 aromatic rings. The van der Waals surface area contributed by atoms with E-state index in [1.165, 1.54) is 5.56 Å². The van der Waals surface area contributed by atoms with E-state index in [4.69, 9.17) is 13.9 Å². The highest BCUT2D eigenvalue weighted by atomic mass is 16.5. The average molecular weight is 479 g/mol. The molecule has 0 atom stereocenters. The molecule has 1 saturated heterocycles. The van der Waals surface area contributed by atoms with E-state index < -0.39 is 0 Å². The number of aromatic nitrogens is 2. The molecular formula is C27H34N4O4. The summed E-state index contributed by atoms with van der Waals surface area (Å²) in [7, 11) is 2.14. The lowest BCUT2D eigenvalue weighted by atomic mass is 10.1. The van der Waals surface area contributed by atoms with Crippen LogP contribution in [0.5, 0.6) is 5.75 Å². The fourth-order valence-corrected chi connectivity index (χ4v) is 4.04. The monoisotopic (exact) mass is 478 g/mol. The summed E-state index contributed by atoms with van der Waals surface area (Å²) < 4.78 is 17.1. The van der Waals surface area contributed by atoms with Crippen LogP contribution in [0.25, 0.3) is 11.5 Å². The van der Waals surface area contributed by atoms with Crippen molar-refractivity contribution in [1.82, 2.24) is 20.4 Å². The zero-order valence-corrected chi connectivity index (χ0v) is 20.5. The number of ether oxygens (including phenoxy) is 2. The van der Waals surface area contributed by atoms with Crippen molar-refractivity contribution < 1.29 is 18.7 Å². The average Bonchev–Trinajstić information content (AvgIpc) is 3.36. The SMILES string of the molecule is Cc1ccc(-c2nnc(CCC(=O)NCc3cccc(OCCN(C)C4CCOCC4)c3)o2)cc1. The lowest BCUT2D eigenvalue weighted by Gasteiger charge is -2.31. The van der Waals surface area contributed by atoms with Gasteiger partial charge in [-0.3, -0.25) is 9.69 Å². The molecule has 0 radical (unpaired) electrons. The van der Waals surface area contributed by atoms with Gasteiger partial charge in [0, 0.05) is 50.8 Å². The standard InChI is InChI=1S/C27H34N4O4/c1-20-6-8-22(9-7-20)27-30-29-26(35-27)11-10-25(32)28-19-21-4-3-5-24(18-21)34-17-14-31(2)23-12-15-33-16-13-23/h3-9,18,23H,10-17,19H2,1-2H3,(H,28,32). The molecule has 1 aromatic heterocycles. The fraction of sp³-hybridized carbons (Fsp3) is 0.444. The van der Waals surface area contributed by atoms with Crippen molar-refractivity contribution in [1.29, 1.82) is 0 Å². The molecule has 1 aliphatic rings. The van der Waals surface area contributed by atoms with E-state index >= 15 is 0 Å². The van der Waals surface area contributed by atoms with Gasteiger partial charge < -0.3 is 19.2 Å². The Morgan fingerprint density at radius 1 is 1.14 bits per heavy atom. The van der Waals surface area contributed by atoms with Crippen LogP contribution in [0, 0.1) is 6.92 Å². The molecule has 1 N–H and O–H groups in total. The molecule has 2 heterocycles. The smallest absolute Gasteiger partial charge is 0.247 e. The minimum absolute atomic E-state index is 0.0653. The molecule has 186 valence electrons. The Morgan fingerprint density at radius 2 is 1.94 bits per heavy atom. The first-order valence-electron chi connectivity index (χ1n) is 12.2. The van der Waals surface area contributed by atoms with Gasteiger partial charge in [0.15, 0.2) is 0 Å². The topological polar surface area (TPSA) is 89.7 Å². The number of hydrogen-bond donors (Lipinski definition) is 1. The van der Waals surface area contributed by atoms with Crippen molar-refractivity contribution in [2.75, 3.05) is 33.4 Å². The van der Waals surface area contributed by atoms with Gasteiger partial charge in [0.25, 0.3) is 0 Å². The van der Waals surface area contributed by atoms with Gasteiger partial charge in [-0.25, -0.2) is 0 Å². The lowest BCUT2D eigenvalue weighted by Crippen LogP contribution is -2.38. The molecule has 2 aromatic carbocycles. The largest absolute Gasteiger partial charge is 0.492 e. The van der Waals surface area contributed by atoms with Crippen molar-refractivity contribution in [2.45, 2.75) is 45.2 Å². The zero-order valence-electron chi connectivity index (χ0n) is 20.5. The van der Waals surface area contributed by atoms with Crippen molar-refractivity contribution in [3.63, 3.8) is 0 Å². The van der Waals surface area contributed by atoms with Crippen LogP contribution in [-0.4, -0.2) is 60.5 Å². The fourth-order valence-electron chi connectivity index (χ4n) is 4.04. The lowest BCUT2D eigenvalue weighted by molar-refractivity contribution is -0.121. The Balaban J connectivity index is 1.17. The highest BCUT2D eigenvalue weighted by Crippen LogP contribution is 2.19. The first kappa shape index (κ1) is 24.9. The van der Waals surface area contributed by atoms with Crippen molar-refractivity contribution in [3.05, 3.63) is 65.5 Å². The van der Waals surface area contributed by atoms with Crippen LogP contribution in [0.4, 0.5) is 0 Å². The van der Waals surface area contributed by atoms with Gasteiger partial charge >= 0.3 is 0 Å². The predicted octanol–water partition coefficient (Wildman–Crippen LogP) is 3.78. The molecule has 1 amide bonds. The molecule has 4 rings (SSSR count). The molecule has 1 fully saturated rings. The van der Waals surface area contributed by atoms with Crippen LogP contribution in [-0.2, 0) is 22.5 Å². The normalized spacial score (nSPS) is 14.3. The molecule has 8 heteroatoms. The molecule has 0 aliphatic carbocycles. The van der Waals surface area contributed by atoms with Gasteiger partial charge in [-0.15, -0.1) is 10.2 Å². The minimum Gasteiger partial charge on any atom is -0.492 e.